The van der Waals surface area contributed by atoms with Gasteiger partial charge < -0.3 is 10.2 Å². The van der Waals surface area contributed by atoms with Gasteiger partial charge in [0.05, 0.1) is 0 Å². The van der Waals surface area contributed by atoms with Crippen molar-refractivity contribution in [1.82, 2.24) is 0 Å². The van der Waals surface area contributed by atoms with Crippen LogP contribution in [0.15, 0.2) is 29.8 Å². The Morgan fingerprint density at radius 1 is 0.762 bits per heavy atom. The number of hydrogen-bond acceptors (Lipinski definition) is 2. The molecule has 0 aromatic heterocycles. The summed E-state index contributed by atoms with van der Waals surface area (Å²) in [6.45, 7) is 7.46. The van der Waals surface area contributed by atoms with Crippen molar-refractivity contribution in [1.29, 1.82) is 0 Å². The molecule has 0 aliphatic heterocycles. The lowest BCUT2D eigenvalue weighted by Crippen LogP contribution is -1.93. The van der Waals surface area contributed by atoms with Gasteiger partial charge in [-0.05, 0) is 85.3 Å². The number of rotatable bonds is 2. The highest BCUT2D eigenvalue weighted by Crippen LogP contribution is 2.33. The normalized spacial score (nSPS) is 10.5. The van der Waals surface area contributed by atoms with E-state index in [9.17, 15) is 10.2 Å². The highest BCUT2D eigenvalue weighted by atomic mass is 35.5. The van der Waals surface area contributed by atoms with Crippen molar-refractivity contribution < 1.29 is 10.2 Å². The first-order valence-corrected chi connectivity index (χ1v) is 7.20. The van der Waals surface area contributed by atoms with Crippen LogP contribution in [0.2, 0.25) is 0 Å². The van der Waals surface area contributed by atoms with Gasteiger partial charge in [0.25, 0.3) is 0 Å². The van der Waals surface area contributed by atoms with Crippen molar-refractivity contribution in [2.45, 2.75) is 27.7 Å². The van der Waals surface area contributed by atoms with Crippen molar-refractivity contribution in [3.8, 4) is 11.5 Å². The molecular weight excluding hydrogens is 284 g/mol. The fraction of sp³-hybridized carbons (Fsp3) is 0.222. The van der Waals surface area contributed by atoms with E-state index in [0.717, 1.165) is 39.0 Å². The summed E-state index contributed by atoms with van der Waals surface area (Å²) >= 11 is 6.04. The molecule has 0 atom stereocenters. The molecule has 2 rings (SSSR count). The molecule has 0 bridgehead atoms. The summed E-state index contributed by atoms with van der Waals surface area (Å²) in [5, 5.41) is 19.8. The van der Waals surface area contributed by atoms with Crippen LogP contribution < -0.4 is 0 Å². The SMILES string of the molecule is Cc1cc(C(=CCl)c2cc(C)c(O)c(C)c2)cc(C)c1O. The number of phenolic OH excluding ortho intramolecular Hbond substituents is 2. The molecule has 0 radical (unpaired) electrons. The molecule has 2 nitrogen and oxygen atoms in total. The van der Waals surface area contributed by atoms with E-state index in [2.05, 4.69) is 0 Å². The molecule has 0 aliphatic carbocycles. The van der Waals surface area contributed by atoms with Crippen LogP contribution >= 0.6 is 11.6 Å². The minimum Gasteiger partial charge on any atom is -0.507 e. The smallest absolute Gasteiger partial charge is 0.121 e. The van der Waals surface area contributed by atoms with Gasteiger partial charge in [-0.3, -0.25) is 0 Å². The van der Waals surface area contributed by atoms with Crippen molar-refractivity contribution in [2.75, 3.05) is 0 Å². The molecule has 2 aromatic carbocycles. The lowest BCUT2D eigenvalue weighted by Gasteiger charge is -2.13. The molecule has 0 amide bonds. The van der Waals surface area contributed by atoms with Gasteiger partial charge in [0.1, 0.15) is 11.5 Å². The summed E-state index contributed by atoms with van der Waals surface area (Å²) in [5.41, 5.74) is 7.55. The fourth-order valence-corrected chi connectivity index (χ4v) is 2.77. The molecular formula is C18H19ClO2. The third-order valence-corrected chi connectivity index (χ3v) is 3.93. The predicted octanol–water partition coefficient (Wildman–Crippen LogP) is 4.96. The Balaban J connectivity index is 2.61. The second-order valence-corrected chi connectivity index (χ2v) is 5.66. The molecule has 0 heterocycles. The largest absolute Gasteiger partial charge is 0.507 e. The molecule has 21 heavy (non-hydrogen) atoms. The van der Waals surface area contributed by atoms with Crippen molar-refractivity contribution in [3.05, 3.63) is 63.2 Å². The molecule has 0 unspecified atom stereocenters. The topological polar surface area (TPSA) is 40.5 Å². The molecule has 2 N–H and O–H groups in total. The molecule has 0 fully saturated rings. The first kappa shape index (κ1) is 15.5. The van der Waals surface area contributed by atoms with Gasteiger partial charge >= 0.3 is 0 Å². The average molecular weight is 303 g/mol. The Morgan fingerprint density at radius 2 is 1.05 bits per heavy atom. The van der Waals surface area contributed by atoms with Crippen LogP contribution in [0.25, 0.3) is 5.57 Å². The van der Waals surface area contributed by atoms with Gasteiger partial charge in [-0.15, -0.1) is 0 Å². The van der Waals surface area contributed by atoms with Crippen LogP contribution in [0.3, 0.4) is 0 Å². The highest BCUT2D eigenvalue weighted by Gasteiger charge is 2.12. The van der Waals surface area contributed by atoms with E-state index < -0.39 is 0 Å². The zero-order valence-electron chi connectivity index (χ0n) is 12.7. The van der Waals surface area contributed by atoms with Crippen molar-refractivity contribution >= 4 is 17.2 Å². The second-order valence-electron chi connectivity index (χ2n) is 5.44. The molecule has 110 valence electrons. The first-order chi connectivity index (χ1) is 9.85. The van der Waals surface area contributed by atoms with Crippen LogP contribution in [0, 0.1) is 27.7 Å². The zero-order chi connectivity index (χ0) is 15.7. The average Bonchev–Trinajstić information content (AvgIpc) is 2.42. The fourth-order valence-electron chi connectivity index (χ4n) is 2.52. The Hall–Kier alpha value is -1.93. The highest BCUT2D eigenvalue weighted by molar-refractivity contribution is 6.29. The number of benzene rings is 2. The van der Waals surface area contributed by atoms with E-state index in [1.165, 1.54) is 5.54 Å². The van der Waals surface area contributed by atoms with Gasteiger partial charge in [0.2, 0.25) is 0 Å². The van der Waals surface area contributed by atoms with Crippen LogP contribution in [0.5, 0.6) is 11.5 Å². The third kappa shape index (κ3) is 2.91. The van der Waals surface area contributed by atoms with Gasteiger partial charge in [0.15, 0.2) is 0 Å². The maximum Gasteiger partial charge on any atom is 0.121 e. The van der Waals surface area contributed by atoms with Crippen molar-refractivity contribution in [3.63, 3.8) is 0 Å². The van der Waals surface area contributed by atoms with Gasteiger partial charge in [-0.1, -0.05) is 11.6 Å². The molecule has 0 saturated heterocycles. The molecule has 0 saturated carbocycles. The quantitative estimate of drug-likeness (QED) is 0.823. The van der Waals surface area contributed by atoms with Crippen molar-refractivity contribution in [2.24, 2.45) is 0 Å². The van der Waals surface area contributed by atoms with Crippen LogP contribution in [-0.4, -0.2) is 10.2 Å². The van der Waals surface area contributed by atoms with Crippen LogP contribution in [0.4, 0.5) is 0 Å². The number of halogens is 1. The third-order valence-electron chi connectivity index (χ3n) is 3.71. The molecule has 0 spiro atoms. The van der Waals surface area contributed by atoms with Gasteiger partial charge in [-0.25, -0.2) is 0 Å². The summed E-state index contributed by atoms with van der Waals surface area (Å²) in [6, 6.07) is 7.64. The van der Waals surface area contributed by atoms with Crippen LogP contribution in [-0.2, 0) is 0 Å². The van der Waals surface area contributed by atoms with Gasteiger partial charge in [0, 0.05) is 11.1 Å². The Kier molecular flexibility index (Phi) is 4.29. The standard InChI is InChI=1S/C18H19ClO2/c1-10-5-14(6-11(2)17(10)20)16(9-19)15-7-12(3)18(21)13(4)8-15/h5-9,20-21H,1-4H3. The number of aromatic hydroxyl groups is 2. The maximum atomic E-state index is 9.89. The van der Waals surface area contributed by atoms with E-state index in [1.54, 1.807) is 0 Å². The summed E-state index contributed by atoms with van der Waals surface area (Å²) in [5.74, 6) is 0.622. The minimum absolute atomic E-state index is 0.311. The summed E-state index contributed by atoms with van der Waals surface area (Å²) < 4.78 is 0. The summed E-state index contributed by atoms with van der Waals surface area (Å²) in [4.78, 5) is 0. The van der Waals surface area contributed by atoms with E-state index in [4.69, 9.17) is 11.6 Å². The van der Waals surface area contributed by atoms with E-state index in [-0.39, 0.29) is 0 Å². The number of hydrogen-bond donors (Lipinski definition) is 2. The Bertz CT molecular complexity index is 624. The lowest BCUT2D eigenvalue weighted by atomic mass is 9.93. The van der Waals surface area contributed by atoms with E-state index in [0.29, 0.717) is 11.5 Å². The first-order valence-electron chi connectivity index (χ1n) is 6.76. The molecule has 2 aromatic rings. The zero-order valence-corrected chi connectivity index (χ0v) is 13.4. The predicted molar refractivity (Wildman–Crippen MR) is 88.1 cm³/mol. The van der Waals surface area contributed by atoms with Crippen LogP contribution in [0.1, 0.15) is 33.4 Å². The maximum absolute atomic E-state index is 9.89. The van der Waals surface area contributed by atoms with E-state index in [1.807, 2.05) is 52.0 Å². The summed E-state index contributed by atoms with van der Waals surface area (Å²) in [6.07, 6.45) is 0. The second kappa shape index (κ2) is 5.82. The minimum atomic E-state index is 0.311. The number of aryl methyl sites for hydroxylation is 4. The Labute approximate surface area is 130 Å². The monoisotopic (exact) mass is 302 g/mol. The molecule has 0 aliphatic rings. The number of phenols is 2. The Morgan fingerprint density at radius 3 is 1.29 bits per heavy atom. The summed E-state index contributed by atoms with van der Waals surface area (Å²) in [7, 11) is 0. The lowest BCUT2D eigenvalue weighted by molar-refractivity contribution is 0.466. The van der Waals surface area contributed by atoms with Gasteiger partial charge in [-0.2, -0.15) is 0 Å². The molecule has 3 heteroatoms. The van der Waals surface area contributed by atoms with E-state index >= 15 is 0 Å².